The van der Waals surface area contributed by atoms with Gasteiger partial charge in [-0.25, -0.2) is 0 Å². The first-order valence-electron chi connectivity index (χ1n) is 23.9. The van der Waals surface area contributed by atoms with Crippen molar-refractivity contribution in [3.05, 3.63) is 43.0 Å². The van der Waals surface area contributed by atoms with E-state index in [9.17, 15) is 0 Å². The zero-order valence-corrected chi connectivity index (χ0v) is 43.5. The van der Waals surface area contributed by atoms with Gasteiger partial charge < -0.3 is 0 Å². The van der Waals surface area contributed by atoms with Crippen LogP contribution in [0.25, 0.3) is 53.7 Å². The molecule has 2 aromatic carbocycles. The molecule has 2 atom stereocenters. The summed E-state index contributed by atoms with van der Waals surface area (Å²) < 4.78 is 22.4. The molecule has 6 aromatic rings. The van der Waals surface area contributed by atoms with E-state index in [0.717, 1.165) is 68.6 Å². The van der Waals surface area contributed by atoms with Crippen LogP contribution in [-0.4, -0.2) is 17.5 Å². The summed E-state index contributed by atoms with van der Waals surface area (Å²) in [5, 5.41) is 2.25. The molecule has 0 bridgehead atoms. The second-order valence-corrected chi connectivity index (χ2v) is 23.4. The van der Waals surface area contributed by atoms with Gasteiger partial charge >= 0.3 is 0 Å². The van der Waals surface area contributed by atoms with Gasteiger partial charge in [0.25, 0.3) is 0 Å². The van der Waals surface area contributed by atoms with Gasteiger partial charge in [0.15, 0.2) is 0 Å². The van der Waals surface area contributed by atoms with E-state index in [-0.39, 0.29) is 0 Å². The predicted molar refractivity (Wildman–Crippen MR) is 276 cm³/mol. The summed E-state index contributed by atoms with van der Waals surface area (Å²) in [4.78, 5) is 2.52. The van der Waals surface area contributed by atoms with E-state index < -0.39 is 0 Å². The highest BCUT2D eigenvalue weighted by Gasteiger charge is 2.23. The van der Waals surface area contributed by atoms with Gasteiger partial charge in [0.2, 0.25) is 0 Å². The minimum Gasteiger partial charge on any atom is -0.172 e. The third-order valence-corrected chi connectivity index (χ3v) is 17.8. The van der Waals surface area contributed by atoms with Crippen molar-refractivity contribution in [1.29, 1.82) is 0 Å². The fourth-order valence-corrected chi connectivity index (χ4v) is 13.9. The van der Waals surface area contributed by atoms with E-state index in [1.165, 1.54) is 206 Å². The lowest BCUT2D eigenvalue weighted by atomic mass is 9.89. The Balaban J connectivity index is 1.25. The Bertz CT molecular complexity index is 2010. The zero-order valence-electron chi connectivity index (χ0n) is 37.0. The number of hydrogen-bond donors (Lipinski definition) is 0. The normalized spacial score (nSPS) is 13.1. The van der Waals surface area contributed by atoms with Crippen molar-refractivity contribution in [3.63, 3.8) is 0 Å². The highest BCUT2D eigenvalue weighted by molar-refractivity contribution is 9.11. The molecule has 10 heteroatoms. The lowest BCUT2D eigenvalue weighted by Gasteiger charge is -2.17. The third-order valence-electron chi connectivity index (χ3n) is 12.8. The van der Waals surface area contributed by atoms with Crippen LogP contribution < -0.4 is 0 Å². The lowest BCUT2D eigenvalue weighted by Crippen LogP contribution is -2.05. The molecule has 6 rings (SSSR count). The molecule has 0 fully saturated rings. The number of thiophene rings is 2. The topological polar surface area (TPSA) is 51.6 Å². The fourth-order valence-electron chi connectivity index (χ4n) is 9.25. The van der Waals surface area contributed by atoms with Crippen LogP contribution in [0.15, 0.2) is 31.8 Å². The molecule has 0 aliphatic carbocycles. The van der Waals surface area contributed by atoms with E-state index in [2.05, 4.69) is 83.8 Å². The molecular formula is C50H70Br2N4S4. The van der Waals surface area contributed by atoms with E-state index in [0.29, 0.717) is 0 Å². The number of halogens is 2. The van der Waals surface area contributed by atoms with Crippen LogP contribution in [-0.2, 0) is 12.8 Å². The minimum atomic E-state index is 0.735. The van der Waals surface area contributed by atoms with Gasteiger partial charge in [-0.3, -0.25) is 0 Å². The first kappa shape index (κ1) is 48.2. The van der Waals surface area contributed by atoms with E-state index in [1.54, 1.807) is 0 Å². The van der Waals surface area contributed by atoms with E-state index in [4.69, 9.17) is 17.5 Å². The fraction of sp³-hybridized carbons (Fsp3) is 0.640. The standard InChI is InChI=1S/C50H70Br2N4S4/c1-5-9-13-17-19-23-27-35(25-21-15-11-7-3)29-37-31-43(57-49(37)51)41-33-39-40(45-47(41)55-59-53-45)34-42(48-46(39)54-60-56-48)44-32-38(50(52)58-44)30-36(26-22-16-12-8-4)28-24-20-18-14-10-6-2/h31-36H,5-30H2,1-4H3. The van der Waals surface area contributed by atoms with Crippen LogP contribution in [0.2, 0.25) is 0 Å². The van der Waals surface area contributed by atoms with Gasteiger partial charge in [-0.05, 0) is 91.9 Å². The smallest absolute Gasteiger partial charge is 0.114 e. The predicted octanol–water partition coefficient (Wildman–Crippen LogP) is 19.6. The zero-order chi connectivity index (χ0) is 42.1. The van der Waals surface area contributed by atoms with Gasteiger partial charge in [-0.1, -0.05) is 182 Å². The Morgan fingerprint density at radius 1 is 0.417 bits per heavy atom. The number of hydrogen-bond acceptors (Lipinski definition) is 8. The Labute approximate surface area is 395 Å². The van der Waals surface area contributed by atoms with Crippen molar-refractivity contribution in [2.24, 2.45) is 11.8 Å². The largest absolute Gasteiger partial charge is 0.172 e. The minimum absolute atomic E-state index is 0.735. The second-order valence-electron chi connectivity index (χ2n) is 17.6. The van der Waals surface area contributed by atoms with Crippen LogP contribution >= 0.6 is 78.0 Å². The Morgan fingerprint density at radius 3 is 1.10 bits per heavy atom. The number of benzene rings is 2. The van der Waals surface area contributed by atoms with Gasteiger partial charge in [0, 0.05) is 31.7 Å². The first-order valence-corrected chi connectivity index (χ1v) is 28.5. The quantitative estimate of drug-likeness (QED) is 0.0422. The number of fused-ring (bicyclic) bond motifs is 5. The molecular weight excluding hydrogens is 945 g/mol. The monoisotopic (exact) mass is 1010 g/mol. The van der Waals surface area contributed by atoms with Crippen LogP contribution in [0.4, 0.5) is 0 Å². The molecule has 4 nitrogen and oxygen atoms in total. The molecule has 2 unspecified atom stereocenters. The molecule has 60 heavy (non-hydrogen) atoms. The van der Waals surface area contributed by atoms with Crippen molar-refractivity contribution in [2.45, 2.75) is 195 Å². The van der Waals surface area contributed by atoms with Crippen LogP contribution in [0.5, 0.6) is 0 Å². The third kappa shape index (κ3) is 13.4. The summed E-state index contributed by atoms with van der Waals surface area (Å²) in [5.74, 6) is 1.47. The maximum Gasteiger partial charge on any atom is 0.114 e. The highest BCUT2D eigenvalue weighted by atomic mass is 79.9. The molecule has 0 spiro atoms. The van der Waals surface area contributed by atoms with Crippen molar-refractivity contribution < 1.29 is 0 Å². The van der Waals surface area contributed by atoms with E-state index >= 15 is 0 Å². The molecule has 0 radical (unpaired) electrons. The highest BCUT2D eigenvalue weighted by Crippen LogP contribution is 2.46. The molecule has 328 valence electrons. The molecule has 0 amide bonds. The molecule has 0 saturated heterocycles. The maximum absolute atomic E-state index is 4.97. The summed E-state index contributed by atoms with van der Waals surface area (Å²) in [6.07, 6.45) is 34.7. The second kappa shape index (κ2) is 25.9. The van der Waals surface area contributed by atoms with Crippen molar-refractivity contribution in [3.8, 4) is 20.9 Å². The van der Waals surface area contributed by atoms with Crippen molar-refractivity contribution in [1.82, 2.24) is 17.5 Å². The van der Waals surface area contributed by atoms with Crippen LogP contribution in [0.3, 0.4) is 0 Å². The molecule has 4 heterocycles. The molecule has 4 aromatic heterocycles. The van der Waals surface area contributed by atoms with Crippen molar-refractivity contribution in [2.75, 3.05) is 0 Å². The Hall–Kier alpha value is -1.30. The average molecular weight is 1020 g/mol. The van der Waals surface area contributed by atoms with Gasteiger partial charge in [-0.15, -0.1) is 22.7 Å². The number of nitrogens with zero attached hydrogens (tertiary/aromatic N) is 4. The Kier molecular flexibility index (Phi) is 20.8. The number of unbranched alkanes of at least 4 members (excludes halogenated alkanes) is 16. The summed E-state index contributed by atoms with van der Waals surface area (Å²) in [7, 11) is 0. The summed E-state index contributed by atoms with van der Waals surface area (Å²) in [6.45, 7) is 9.25. The number of aromatic nitrogens is 4. The summed E-state index contributed by atoms with van der Waals surface area (Å²) in [5.41, 5.74) is 9.18. The SMILES string of the molecule is CCCCCCCCC(CCCCCC)Cc1cc(-c2cc3c(cc(-c4cc(CC(CCCCCC)CCCCCCCC)c(Br)s4)c4nsnc43)c3nsnc23)sc1Br. The summed E-state index contributed by atoms with van der Waals surface area (Å²) >= 11 is 14.5. The molecule has 0 N–H and O–H groups in total. The lowest BCUT2D eigenvalue weighted by molar-refractivity contribution is 0.402. The average Bonchev–Trinajstić information content (AvgIpc) is 4.08. The van der Waals surface area contributed by atoms with E-state index in [1.807, 2.05) is 22.7 Å². The van der Waals surface area contributed by atoms with Gasteiger partial charge in [0.05, 0.1) is 31.0 Å². The van der Waals surface area contributed by atoms with Gasteiger partial charge in [-0.2, -0.15) is 17.5 Å². The molecule has 0 aliphatic heterocycles. The van der Waals surface area contributed by atoms with Crippen LogP contribution in [0.1, 0.15) is 193 Å². The number of rotatable bonds is 30. The van der Waals surface area contributed by atoms with Crippen molar-refractivity contribution >= 4 is 111 Å². The Morgan fingerprint density at radius 2 is 0.733 bits per heavy atom. The van der Waals surface area contributed by atoms with Gasteiger partial charge in [0.1, 0.15) is 22.1 Å². The maximum atomic E-state index is 4.97. The van der Waals surface area contributed by atoms with Crippen LogP contribution in [0, 0.1) is 11.8 Å². The first-order chi connectivity index (χ1) is 29.4. The molecule has 0 aliphatic rings. The molecule has 0 saturated carbocycles. The summed E-state index contributed by atoms with van der Waals surface area (Å²) in [6, 6.07) is 9.59.